The second-order valence-electron chi connectivity index (χ2n) is 5.79. The minimum absolute atomic E-state index is 0.666. The zero-order valence-corrected chi connectivity index (χ0v) is 13.0. The molecule has 1 saturated carbocycles. The standard InChI is InChI=1S/C14H24N4S/c1-10-13(8-15-11-4-5-11)14(18(3)16-10)17(2)12-6-7-19-9-12/h11-12,15H,4-9H2,1-3H3. The molecule has 1 aliphatic heterocycles. The Balaban J connectivity index is 1.80. The van der Waals surface area contributed by atoms with Crippen molar-refractivity contribution in [2.75, 3.05) is 23.5 Å². The van der Waals surface area contributed by atoms with Gasteiger partial charge in [0.05, 0.1) is 5.69 Å². The van der Waals surface area contributed by atoms with Crippen LogP contribution in [-0.2, 0) is 13.6 Å². The van der Waals surface area contributed by atoms with Crippen molar-refractivity contribution >= 4 is 17.6 Å². The van der Waals surface area contributed by atoms with Crippen LogP contribution in [0.4, 0.5) is 5.82 Å². The van der Waals surface area contributed by atoms with Crippen LogP contribution in [0.25, 0.3) is 0 Å². The molecule has 0 aromatic carbocycles. The lowest BCUT2D eigenvalue weighted by Crippen LogP contribution is -2.34. The molecule has 1 N–H and O–H groups in total. The fraction of sp³-hybridized carbons (Fsp3) is 0.786. The summed E-state index contributed by atoms with van der Waals surface area (Å²) in [5.74, 6) is 3.84. The molecule has 3 rings (SSSR count). The normalized spacial score (nSPS) is 23.0. The van der Waals surface area contributed by atoms with Crippen LogP contribution in [0.2, 0.25) is 0 Å². The van der Waals surface area contributed by atoms with Crippen LogP contribution in [0, 0.1) is 6.92 Å². The minimum atomic E-state index is 0.666. The van der Waals surface area contributed by atoms with Gasteiger partial charge in [-0.3, -0.25) is 4.68 Å². The van der Waals surface area contributed by atoms with Gasteiger partial charge in [0, 0.05) is 44.0 Å². The van der Waals surface area contributed by atoms with E-state index in [1.807, 2.05) is 0 Å². The van der Waals surface area contributed by atoms with Gasteiger partial charge in [0.2, 0.25) is 0 Å². The smallest absolute Gasteiger partial charge is 0.131 e. The molecule has 2 aliphatic rings. The van der Waals surface area contributed by atoms with Crippen LogP contribution in [0.5, 0.6) is 0 Å². The number of rotatable bonds is 5. The summed E-state index contributed by atoms with van der Waals surface area (Å²) in [6.07, 6.45) is 3.97. The first kappa shape index (κ1) is 13.3. The number of aryl methyl sites for hydroxylation is 2. The highest BCUT2D eigenvalue weighted by Gasteiger charge is 2.27. The summed E-state index contributed by atoms with van der Waals surface area (Å²) < 4.78 is 2.06. The summed E-state index contributed by atoms with van der Waals surface area (Å²) in [5.41, 5.74) is 2.55. The predicted molar refractivity (Wildman–Crippen MR) is 81.9 cm³/mol. The lowest BCUT2D eigenvalue weighted by Gasteiger charge is -2.27. The number of nitrogens with one attached hydrogen (secondary N) is 1. The number of hydrogen-bond donors (Lipinski definition) is 1. The van der Waals surface area contributed by atoms with Gasteiger partial charge in [-0.2, -0.15) is 16.9 Å². The van der Waals surface area contributed by atoms with Crippen molar-refractivity contribution < 1.29 is 0 Å². The third kappa shape index (κ3) is 2.77. The zero-order chi connectivity index (χ0) is 13.4. The van der Waals surface area contributed by atoms with E-state index in [1.54, 1.807) is 0 Å². The van der Waals surface area contributed by atoms with E-state index in [-0.39, 0.29) is 0 Å². The number of thioether (sulfide) groups is 1. The number of nitrogens with zero attached hydrogens (tertiary/aromatic N) is 3. The molecule has 0 radical (unpaired) electrons. The molecule has 1 aromatic rings. The van der Waals surface area contributed by atoms with E-state index in [2.05, 4.69) is 52.8 Å². The second kappa shape index (κ2) is 5.37. The van der Waals surface area contributed by atoms with Crippen molar-refractivity contribution in [3.63, 3.8) is 0 Å². The van der Waals surface area contributed by atoms with E-state index >= 15 is 0 Å². The molecule has 1 saturated heterocycles. The first-order chi connectivity index (χ1) is 9.16. The molecule has 4 nitrogen and oxygen atoms in total. The van der Waals surface area contributed by atoms with Gasteiger partial charge in [0.1, 0.15) is 5.82 Å². The summed E-state index contributed by atoms with van der Waals surface area (Å²) in [4.78, 5) is 2.45. The van der Waals surface area contributed by atoms with Crippen LogP contribution in [0.3, 0.4) is 0 Å². The molecule has 1 atom stereocenters. The van der Waals surface area contributed by atoms with Crippen molar-refractivity contribution in [2.24, 2.45) is 7.05 Å². The Morgan fingerprint density at radius 3 is 2.84 bits per heavy atom. The Labute approximate surface area is 119 Å². The topological polar surface area (TPSA) is 33.1 Å². The summed E-state index contributed by atoms with van der Waals surface area (Å²) >= 11 is 2.06. The molecule has 1 unspecified atom stereocenters. The maximum absolute atomic E-state index is 4.63. The fourth-order valence-corrected chi connectivity index (χ4v) is 4.14. The van der Waals surface area contributed by atoms with Crippen LogP contribution in [0.15, 0.2) is 0 Å². The Hall–Kier alpha value is -0.680. The van der Waals surface area contributed by atoms with Crippen molar-refractivity contribution in [1.82, 2.24) is 15.1 Å². The largest absolute Gasteiger partial charge is 0.356 e. The molecule has 2 heterocycles. The minimum Gasteiger partial charge on any atom is -0.356 e. The van der Waals surface area contributed by atoms with Gasteiger partial charge < -0.3 is 10.2 Å². The van der Waals surface area contributed by atoms with Crippen molar-refractivity contribution in [2.45, 2.75) is 44.8 Å². The first-order valence-electron chi connectivity index (χ1n) is 7.23. The molecular formula is C14H24N4S. The van der Waals surface area contributed by atoms with Gasteiger partial charge >= 0.3 is 0 Å². The van der Waals surface area contributed by atoms with Crippen molar-refractivity contribution in [3.05, 3.63) is 11.3 Å². The summed E-state index contributed by atoms with van der Waals surface area (Å²) in [7, 11) is 4.30. The van der Waals surface area contributed by atoms with Crippen LogP contribution in [-0.4, -0.2) is 40.4 Å². The van der Waals surface area contributed by atoms with E-state index in [0.29, 0.717) is 6.04 Å². The quantitative estimate of drug-likeness (QED) is 0.893. The molecule has 106 valence electrons. The van der Waals surface area contributed by atoms with Gasteiger partial charge in [0.15, 0.2) is 0 Å². The lowest BCUT2D eigenvalue weighted by molar-refractivity contribution is 0.642. The van der Waals surface area contributed by atoms with Crippen molar-refractivity contribution in [3.8, 4) is 0 Å². The number of hydrogen-bond acceptors (Lipinski definition) is 4. The second-order valence-corrected chi connectivity index (χ2v) is 6.94. The SMILES string of the molecule is Cc1nn(C)c(N(C)C2CCSC2)c1CNC1CC1. The Morgan fingerprint density at radius 1 is 1.42 bits per heavy atom. The highest BCUT2D eigenvalue weighted by atomic mass is 32.2. The molecule has 5 heteroatoms. The Bertz CT molecular complexity index is 447. The van der Waals surface area contributed by atoms with Gasteiger partial charge in [-0.25, -0.2) is 0 Å². The van der Waals surface area contributed by atoms with Crippen molar-refractivity contribution in [1.29, 1.82) is 0 Å². The summed E-state index contributed by atoms with van der Waals surface area (Å²) in [6, 6.07) is 1.42. The van der Waals surface area contributed by atoms with E-state index in [4.69, 9.17) is 0 Å². The van der Waals surface area contributed by atoms with Gasteiger partial charge in [-0.05, 0) is 31.9 Å². The van der Waals surface area contributed by atoms with Crippen LogP contribution < -0.4 is 10.2 Å². The molecule has 0 spiro atoms. The molecule has 0 bridgehead atoms. The zero-order valence-electron chi connectivity index (χ0n) is 12.1. The lowest BCUT2D eigenvalue weighted by atomic mass is 10.2. The monoisotopic (exact) mass is 280 g/mol. The Morgan fingerprint density at radius 2 is 2.21 bits per heavy atom. The molecule has 0 amide bonds. The number of anilines is 1. The summed E-state index contributed by atoms with van der Waals surface area (Å²) in [5, 5.41) is 8.26. The average molecular weight is 280 g/mol. The maximum atomic E-state index is 4.63. The average Bonchev–Trinajstić information content (AvgIpc) is 2.95. The van der Waals surface area contributed by atoms with Gasteiger partial charge in [-0.1, -0.05) is 0 Å². The molecule has 1 aliphatic carbocycles. The maximum Gasteiger partial charge on any atom is 0.131 e. The highest BCUT2D eigenvalue weighted by molar-refractivity contribution is 7.99. The van der Waals surface area contributed by atoms with E-state index in [1.165, 1.54) is 47.8 Å². The van der Waals surface area contributed by atoms with Gasteiger partial charge in [0.25, 0.3) is 0 Å². The van der Waals surface area contributed by atoms with Crippen LogP contribution >= 0.6 is 11.8 Å². The van der Waals surface area contributed by atoms with Crippen LogP contribution in [0.1, 0.15) is 30.5 Å². The predicted octanol–water partition coefficient (Wildman–Crippen LogP) is 1.92. The van der Waals surface area contributed by atoms with Gasteiger partial charge in [-0.15, -0.1) is 0 Å². The third-order valence-electron chi connectivity index (χ3n) is 4.25. The van der Waals surface area contributed by atoms with E-state index in [0.717, 1.165) is 12.6 Å². The first-order valence-corrected chi connectivity index (χ1v) is 8.38. The fourth-order valence-electron chi connectivity index (χ4n) is 2.87. The molecule has 2 fully saturated rings. The number of aromatic nitrogens is 2. The van der Waals surface area contributed by atoms with E-state index < -0.39 is 0 Å². The van der Waals surface area contributed by atoms with E-state index in [9.17, 15) is 0 Å². The highest BCUT2D eigenvalue weighted by Crippen LogP contribution is 2.30. The summed E-state index contributed by atoms with van der Waals surface area (Å²) in [6.45, 7) is 3.09. The molecular weight excluding hydrogens is 256 g/mol. The Kier molecular flexibility index (Phi) is 3.76. The molecule has 19 heavy (non-hydrogen) atoms. The molecule has 1 aromatic heterocycles. The third-order valence-corrected chi connectivity index (χ3v) is 5.39.